The van der Waals surface area contributed by atoms with Gasteiger partial charge >= 0.3 is 0 Å². The fraction of sp³-hybridized carbons (Fsp3) is 0.600. The molecule has 0 aromatic heterocycles. The Kier molecular flexibility index (Phi) is 7.54. The molecule has 1 aromatic carbocycles. The third kappa shape index (κ3) is 4.76. The number of hydrogen-bond donors (Lipinski definition) is 1. The summed E-state index contributed by atoms with van der Waals surface area (Å²) in [5.74, 6) is 0.894. The lowest BCUT2D eigenvalue weighted by molar-refractivity contribution is -0.116. The summed E-state index contributed by atoms with van der Waals surface area (Å²) >= 11 is 0. The molecule has 1 rings (SSSR count). The van der Waals surface area contributed by atoms with Crippen molar-refractivity contribution in [2.75, 3.05) is 34.9 Å². The monoisotopic (exact) mass is 282 g/mol. The van der Waals surface area contributed by atoms with Crippen LogP contribution in [0.25, 0.3) is 0 Å². The zero-order chi connectivity index (χ0) is 15.0. The number of rotatable bonds is 9. The minimum absolute atomic E-state index is 0.185. The van der Waals surface area contributed by atoms with Crippen LogP contribution in [0.2, 0.25) is 0 Å². The van der Waals surface area contributed by atoms with Crippen molar-refractivity contribution in [1.29, 1.82) is 0 Å². The van der Waals surface area contributed by atoms with E-state index in [-0.39, 0.29) is 12.3 Å². The molecular weight excluding hydrogens is 256 g/mol. The van der Waals surface area contributed by atoms with E-state index in [1.807, 2.05) is 25.2 Å². The topological polar surface area (TPSA) is 57.0 Å². The Balaban J connectivity index is 2.69. The van der Waals surface area contributed by atoms with Gasteiger partial charge in [0.1, 0.15) is 5.75 Å². The number of nitrogens with two attached hydrogens (primary N) is 1. The Bertz CT molecular complexity index is 383. The number of methoxy groups -OCH3 is 3. The maximum absolute atomic E-state index is 5.87. The van der Waals surface area contributed by atoms with Crippen LogP contribution >= 0.6 is 0 Å². The highest BCUT2D eigenvalue weighted by atomic mass is 16.7. The van der Waals surface area contributed by atoms with Gasteiger partial charge in [0.25, 0.3) is 0 Å². The highest BCUT2D eigenvalue weighted by molar-refractivity contribution is 5.33. The molecule has 5 nitrogen and oxygen atoms in total. The van der Waals surface area contributed by atoms with Gasteiger partial charge in [-0.1, -0.05) is 18.2 Å². The van der Waals surface area contributed by atoms with Crippen molar-refractivity contribution in [3.63, 3.8) is 0 Å². The molecule has 0 aliphatic rings. The lowest BCUT2D eigenvalue weighted by Crippen LogP contribution is -2.40. The molecule has 2 N–H and O–H groups in total. The number of ether oxygens (including phenoxy) is 3. The first-order chi connectivity index (χ1) is 9.65. The fourth-order valence-corrected chi connectivity index (χ4v) is 2.20. The van der Waals surface area contributed by atoms with Gasteiger partial charge in [0.15, 0.2) is 6.29 Å². The fourth-order valence-electron chi connectivity index (χ4n) is 2.20. The quantitative estimate of drug-likeness (QED) is 0.695. The van der Waals surface area contributed by atoms with Crippen molar-refractivity contribution in [2.45, 2.75) is 25.3 Å². The van der Waals surface area contributed by atoms with E-state index in [0.717, 1.165) is 24.3 Å². The predicted octanol–water partition coefficient (Wildman–Crippen LogP) is 1.46. The van der Waals surface area contributed by atoms with Crippen LogP contribution < -0.4 is 10.5 Å². The maximum atomic E-state index is 5.87. The Morgan fingerprint density at radius 1 is 1.15 bits per heavy atom. The molecule has 20 heavy (non-hydrogen) atoms. The third-order valence-corrected chi connectivity index (χ3v) is 3.50. The normalized spacial score (nSPS) is 12.9. The molecule has 0 fully saturated rings. The smallest absolute Gasteiger partial charge is 0.158 e. The summed E-state index contributed by atoms with van der Waals surface area (Å²) in [7, 11) is 7.02. The molecule has 0 bridgehead atoms. The van der Waals surface area contributed by atoms with Crippen molar-refractivity contribution < 1.29 is 14.2 Å². The first kappa shape index (κ1) is 16.9. The van der Waals surface area contributed by atoms with Crippen LogP contribution in [0.4, 0.5) is 0 Å². The van der Waals surface area contributed by atoms with Crippen LogP contribution in [-0.4, -0.2) is 52.2 Å². The zero-order valence-electron chi connectivity index (χ0n) is 12.8. The predicted molar refractivity (Wildman–Crippen MR) is 79.7 cm³/mol. The summed E-state index contributed by atoms with van der Waals surface area (Å²) in [6, 6.07) is 8.19. The standard InChI is InChI=1S/C15H26N2O3/c1-17(13(10-16)9-15(19-3)20-4)11-12-7-5-6-8-14(12)18-2/h5-8,13,15H,9-11,16H2,1-4H3. The summed E-state index contributed by atoms with van der Waals surface area (Å²) in [6.07, 6.45) is 0.499. The second-order valence-corrected chi connectivity index (χ2v) is 4.75. The molecule has 0 heterocycles. The molecule has 1 aromatic rings. The maximum Gasteiger partial charge on any atom is 0.158 e. The van der Waals surface area contributed by atoms with Crippen LogP contribution in [0.15, 0.2) is 24.3 Å². The minimum Gasteiger partial charge on any atom is -0.496 e. The van der Waals surface area contributed by atoms with E-state index < -0.39 is 0 Å². The molecule has 0 spiro atoms. The van der Waals surface area contributed by atoms with Crippen molar-refractivity contribution in [2.24, 2.45) is 5.73 Å². The second-order valence-electron chi connectivity index (χ2n) is 4.75. The van der Waals surface area contributed by atoms with Gasteiger partial charge in [-0.2, -0.15) is 0 Å². The molecule has 0 saturated heterocycles. The zero-order valence-corrected chi connectivity index (χ0v) is 12.8. The first-order valence-corrected chi connectivity index (χ1v) is 6.74. The van der Waals surface area contributed by atoms with E-state index in [9.17, 15) is 0 Å². The van der Waals surface area contributed by atoms with E-state index in [1.54, 1.807) is 21.3 Å². The number of likely N-dealkylation sites (N-methyl/N-ethyl adjacent to an activating group) is 1. The van der Waals surface area contributed by atoms with Gasteiger partial charge in [-0.15, -0.1) is 0 Å². The highest BCUT2D eigenvalue weighted by Gasteiger charge is 2.19. The van der Waals surface area contributed by atoms with Gasteiger partial charge in [0.05, 0.1) is 7.11 Å². The van der Waals surface area contributed by atoms with Gasteiger partial charge in [0, 0.05) is 45.3 Å². The van der Waals surface area contributed by atoms with Crippen LogP contribution in [-0.2, 0) is 16.0 Å². The van der Waals surface area contributed by atoms with Gasteiger partial charge in [-0.05, 0) is 13.1 Å². The van der Waals surface area contributed by atoms with Gasteiger partial charge in [-0.3, -0.25) is 4.90 Å². The van der Waals surface area contributed by atoms with E-state index in [4.69, 9.17) is 19.9 Å². The summed E-state index contributed by atoms with van der Waals surface area (Å²) in [4.78, 5) is 2.20. The van der Waals surface area contributed by atoms with Crippen molar-refractivity contribution in [3.8, 4) is 5.75 Å². The lowest BCUT2D eigenvalue weighted by Gasteiger charge is -2.29. The Labute approximate surface area is 121 Å². The molecule has 0 aliphatic carbocycles. The van der Waals surface area contributed by atoms with Crippen LogP contribution in [0, 0.1) is 0 Å². The first-order valence-electron chi connectivity index (χ1n) is 6.74. The molecule has 114 valence electrons. The molecular formula is C15H26N2O3. The van der Waals surface area contributed by atoms with Crippen LogP contribution in [0.5, 0.6) is 5.75 Å². The van der Waals surface area contributed by atoms with Crippen molar-refractivity contribution in [3.05, 3.63) is 29.8 Å². The molecule has 0 aliphatic heterocycles. The third-order valence-electron chi connectivity index (χ3n) is 3.50. The summed E-state index contributed by atoms with van der Waals surface area (Å²) in [5, 5.41) is 0. The molecule has 0 amide bonds. The van der Waals surface area contributed by atoms with Crippen molar-refractivity contribution >= 4 is 0 Å². The number of para-hydroxylation sites is 1. The Hall–Kier alpha value is -1.14. The summed E-state index contributed by atoms with van der Waals surface area (Å²) in [5.41, 5.74) is 7.01. The van der Waals surface area contributed by atoms with Crippen molar-refractivity contribution in [1.82, 2.24) is 4.90 Å². The van der Waals surface area contributed by atoms with Gasteiger partial charge < -0.3 is 19.9 Å². The van der Waals surface area contributed by atoms with E-state index in [0.29, 0.717) is 6.54 Å². The van der Waals surface area contributed by atoms with Gasteiger partial charge in [-0.25, -0.2) is 0 Å². The molecule has 1 unspecified atom stereocenters. The SMILES string of the molecule is COc1ccccc1CN(C)C(CN)CC(OC)OC. The van der Waals surface area contributed by atoms with Crippen LogP contribution in [0.1, 0.15) is 12.0 Å². The van der Waals surface area contributed by atoms with Crippen LogP contribution in [0.3, 0.4) is 0 Å². The number of hydrogen-bond acceptors (Lipinski definition) is 5. The summed E-state index contributed by atoms with van der Waals surface area (Å²) in [6.45, 7) is 1.32. The van der Waals surface area contributed by atoms with E-state index >= 15 is 0 Å². The Morgan fingerprint density at radius 3 is 2.35 bits per heavy atom. The molecule has 5 heteroatoms. The largest absolute Gasteiger partial charge is 0.496 e. The average molecular weight is 282 g/mol. The van der Waals surface area contributed by atoms with Gasteiger partial charge in [0.2, 0.25) is 0 Å². The molecule has 0 radical (unpaired) electrons. The summed E-state index contributed by atoms with van der Waals surface area (Å²) < 4.78 is 15.9. The number of benzene rings is 1. The molecule has 1 atom stereocenters. The van der Waals surface area contributed by atoms with E-state index in [2.05, 4.69) is 11.0 Å². The highest BCUT2D eigenvalue weighted by Crippen LogP contribution is 2.20. The molecule has 0 saturated carbocycles. The minimum atomic E-state index is -0.233. The number of nitrogens with zero attached hydrogens (tertiary/aromatic N) is 1. The average Bonchev–Trinajstić information content (AvgIpc) is 2.49. The van der Waals surface area contributed by atoms with E-state index in [1.165, 1.54) is 0 Å². The lowest BCUT2D eigenvalue weighted by atomic mass is 10.1. The second kappa shape index (κ2) is 8.92. The Morgan fingerprint density at radius 2 is 1.80 bits per heavy atom.